The largest absolute Gasteiger partial charge is 0.491 e. The molecule has 0 aromatic heterocycles. The summed E-state index contributed by atoms with van der Waals surface area (Å²) in [5.41, 5.74) is 2.00. The van der Waals surface area contributed by atoms with Gasteiger partial charge in [-0.05, 0) is 67.5 Å². The van der Waals surface area contributed by atoms with Crippen LogP contribution in [0.1, 0.15) is 49.5 Å². The van der Waals surface area contributed by atoms with Crippen LogP contribution in [0.25, 0.3) is 10.8 Å². The molecule has 0 aliphatic carbocycles. The van der Waals surface area contributed by atoms with Gasteiger partial charge in [-0.3, -0.25) is 4.79 Å². The minimum absolute atomic E-state index is 0. The highest BCUT2D eigenvalue weighted by atomic mass is 35.5. The first-order valence-corrected chi connectivity index (χ1v) is 13.6. The fourth-order valence-corrected chi connectivity index (χ4v) is 4.24. The molecule has 3 aromatic carbocycles. The van der Waals surface area contributed by atoms with Gasteiger partial charge in [0.1, 0.15) is 12.4 Å². The summed E-state index contributed by atoms with van der Waals surface area (Å²) in [6.45, 7) is 9.57. The maximum absolute atomic E-state index is 13.2. The van der Waals surface area contributed by atoms with E-state index in [9.17, 15) is 9.59 Å². The minimum atomic E-state index is -0.440. The number of amides is 1. The monoisotopic (exact) mass is 591 g/mol. The van der Waals surface area contributed by atoms with Crippen molar-refractivity contribution in [3.63, 3.8) is 0 Å². The van der Waals surface area contributed by atoms with Crippen LogP contribution in [0.3, 0.4) is 0 Å². The van der Waals surface area contributed by atoms with Crippen molar-refractivity contribution < 1.29 is 19.1 Å². The number of nitrogens with one attached hydrogen (secondary N) is 2. The van der Waals surface area contributed by atoms with Crippen molar-refractivity contribution in [2.45, 2.75) is 46.1 Å². The van der Waals surface area contributed by atoms with Crippen LogP contribution in [0.5, 0.6) is 5.75 Å². The van der Waals surface area contributed by atoms with Gasteiger partial charge in [-0.1, -0.05) is 69.7 Å². The third-order valence-corrected chi connectivity index (χ3v) is 6.68. The SMILES string of the molecule is CCCCOc1cc(C(=O)OCCN(CC)CC)ccc1NC(=O)[C@@H](Cc1ccc2ccccc2c1)NC.Cl.Cl. The number of benzene rings is 3. The van der Waals surface area contributed by atoms with Crippen molar-refractivity contribution in [2.75, 3.05) is 45.2 Å². The molecule has 0 aliphatic rings. The topological polar surface area (TPSA) is 79.9 Å². The van der Waals surface area contributed by atoms with E-state index in [0.717, 1.165) is 36.9 Å². The van der Waals surface area contributed by atoms with Crippen LogP contribution in [0, 0.1) is 0 Å². The predicted octanol–water partition coefficient (Wildman–Crippen LogP) is 6.13. The molecule has 0 saturated carbocycles. The van der Waals surface area contributed by atoms with E-state index in [0.29, 0.717) is 43.2 Å². The first-order valence-electron chi connectivity index (χ1n) is 13.6. The summed E-state index contributed by atoms with van der Waals surface area (Å²) < 4.78 is 11.5. The van der Waals surface area contributed by atoms with Crippen molar-refractivity contribution in [3.05, 3.63) is 71.8 Å². The van der Waals surface area contributed by atoms with E-state index in [1.54, 1.807) is 25.2 Å². The molecule has 7 nitrogen and oxygen atoms in total. The molecule has 2 N–H and O–H groups in total. The van der Waals surface area contributed by atoms with Gasteiger partial charge in [-0.15, -0.1) is 24.8 Å². The highest BCUT2D eigenvalue weighted by Crippen LogP contribution is 2.27. The smallest absolute Gasteiger partial charge is 0.338 e. The highest BCUT2D eigenvalue weighted by molar-refractivity contribution is 5.98. The van der Waals surface area contributed by atoms with E-state index >= 15 is 0 Å². The Morgan fingerprint density at radius 2 is 1.62 bits per heavy atom. The number of fused-ring (bicyclic) bond motifs is 1. The lowest BCUT2D eigenvalue weighted by atomic mass is 10.0. The van der Waals surface area contributed by atoms with Crippen LogP contribution in [-0.4, -0.2) is 62.7 Å². The van der Waals surface area contributed by atoms with E-state index < -0.39 is 12.0 Å². The lowest BCUT2D eigenvalue weighted by Gasteiger charge is -2.19. The Kier molecular flexibility index (Phi) is 16.3. The number of esters is 1. The van der Waals surface area contributed by atoms with Crippen molar-refractivity contribution in [1.29, 1.82) is 0 Å². The first kappa shape index (κ1) is 35.2. The summed E-state index contributed by atoms with van der Waals surface area (Å²) >= 11 is 0. The zero-order chi connectivity index (χ0) is 27.3. The zero-order valence-corrected chi connectivity index (χ0v) is 25.5. The number of likely N-dealkylation sites (N-methyl/N-ethyl adjacent to an activating group) is 2. The summed E-state index contributed by atoms with van der Waals surface area (Å²) in [5.74, 6) is -0.110. The van der Waals surface area contributed by atoms with Gasteiger partial charge in [0.05, 0.1) is 23.9 Å². The van der Waals surface area contributed by atoms with Gasteiger partial charge >= 0.3 is 5.97 Å². The van der Waals surface area contributed by atoms with Crippen LogP contribution in [0.15, 0.2) is 60.7 Å². The quantitative estimate of drug-likeness (QED) is 0.163. The van der Waals surface area contributed by atoms with Gasteiger partial charge in [0.2, 0.25) is 5.91 Å². The average Bonchev–Trinajstić information content (AvgIpc) is 2.94. The second-order valence-corrected chi connectivity index (χ2v) is 9.29. The molecular weight excluding hydrogens is 549 g/mol. The fourth-order valence-electron chi connectivity index (χ4n) is 4.24. The molecule has 0 fully saturated rings. The molecule has 0 radical (unpaired) electrons. The van der Waals surface area contributed by atoms with Crippen LogP contribution in [-0.2, 0) is 16.0 Å². The van der Waals surface area contributed by atoms with Crippen molar-refractivity contribution >= 4 is 53.2 Å². The third kappa shape index (κ3) is 10.3. The normalized spacial score (nSPS) is 11.3. The summed E-state index contributed by atoms with van der Waals surface area (Å²) in [6.07, 6.45) is 2.38. The molecule has 0 unspecified atom stereocenters. The lowest BCUT2D eigenvalue weighted by Crippen LogP contribution is -2.40. The van der Waals surface area contributed by atoms with E-state index in [2.05, 4.69) is 66.6 Å². The maximum atomic E-state index is 13.2. The molecule has 220 valence electrons. The number of carbonyl (C=O) groups excluding carboxylic acids is 2. The maximum Gasteiger partial charge on any atom is 0.338 e. The highest BCUT2D eigenvalue weighted by Gasteiger charge is 2.20. The Morgan fingerprint density at radius 3 is 2.30 bits per heavy atom. The molecule has 0 aliphatic heterocycles. The summed E-state index contributed by atoms with van der Waals surface area (Å²) in [7, 11) is 1.78. The standard InChI is InChI=1S/C31H41N3O4.2ClH/c1-5-8-18-37-29-22-26(31(36)38-19-17-34(6-2)7-3)15-16-27(29)33-30(35)28(32-4)21-23-13-14-24-11-9-10-12-25(24)20-23;;/h9-16,20,22,28,32H,5-8,17-19,21H2,1-4H3,(H,33,35);2*1H/t28-;;/m1../s1. The van der Waals surface area contributed by atoms with E-state index in [-0.39, 0.29) is 30.7 Å². The molecule has 1 amide bonds. The molecule has 0 bridgehead atoms. The molecule has 40 heavy (non-hydrogen) atoms. The van der Waals surface area contributed by atoms with Crippen molar-refractivity contribution in [3.8, 4) is 5.75 Å². The second-order valence-electron chi connectivity index (χ2n) is 9.29. The average molecular weight is 593 g/mol. The summed E-state index contributed by atoms with van der Waals surface area (Å²) in [5, 5.41) is 8.44. The van der Waals surface area contributed by atoms with Gasteiger partial charge in [-0.25, -0.2) is 4.79 Å². The Bertz CT molecular complexity index is 1200. The number of anilines is 1. The number of nitrogens with zero attached hydrogens (tertiary/aromatic N) is 1. The van der Waals surface area contributed by atoms with Gasteiger partial charge in [-0.2, -0.15) is 0 Å². The molecule has 0 spiro atoms. The van der Waals surface area contributed by atoms with E-state index in [4.69, 9.17) is 9.47 Å². The van der Waals surface area contributed by atoms with Gasteiger partial charge in [0, 0.05) is 6.54 Å². The number of halogens is 2. The number of ether oxygens (including phenoxy) is 2. The first-order chi connectivity index (χ1) is 18.5. The van der Waals surface area contributed by atoms with Gasteiger partial charge in [0.25, 0.3) is 0 Å². The summed E-state index contributed by atoms with van der Waals surface area (Å²) in [6, 6.07) is 19.0. The van der Waals surface area contributed by atoms with E-state index in [1.165, 1.54) is 5.39 Å². The van der Waals surface area contributed by atoms with Gasteiger partial charge in [0.15, 0.2) is 0 Å². The predicted molar refractivity (Wildman–Crippen MR) is 169 cm³/mol. The second kappa shape index (κ2) is 18.5. The van der Waals surface area contributed by atoms with E-state index in [1.807, 2.05) is 12.1 Å². The molecule has 9 heteroatoms. The Balaban J connectivity index is 0.00000400. The van der Waals surface area contributed by atoms with Crippen LogP contribution in [0.4, 0.5) is 5.69 Å². The van der Waals surface area contributed by atoms with Crippen molar-refractivity contribution in [1.82, 2.24) is 10.2 Å². The fraction of sp³-hybridized carbons (Fsp3) is 0.419. The molecule has 0 saturated heterocycles. The van der Waals surface area contributed by atoms with Crippen LogP contribution < -0.4 is 15.4 Å². The third-order valence-electron chi connectivity index (χ3n) is 6.68. The molecular formula is C31H43Cl2N3O4. The Hall–Kier alpha value is -2.84. The van der Waals surface area contributed by atoms with Gasteiger partial charge < -0.3 is 25.0 Å². The molecule has 3 rings (SSSR count). The zero-order valence-electron chi connectivity index (χ0n) is 23.9. The number of hydrogen-bond acceptors (Lipinski definition) is 6. The molecule has 0 heterocycles. The Morgan fingerprint density at radius 1 is 0.900 bits per heavy atom. The Labute approximate surface area is 250 Å². The number of hydrogen-bond donors (Lipinski definition) is 2. The molecule has 1 atom stereocenters. The van der Waals surface area contributed by atoms with Crippen LogP contribution >= 0.6 is 24.8 Å². The van der Waals surface area contributed by atoms with Crippen molar-refractivity contribution in [2.24, 2.45) is 0 Å². The minimum Gasteiger partial charge on any atom is -0.491 e. The lowest BCUT2D eigenvalue weighted by molar-refractivity contribution is -0.118. The number of unbranched alkanes of at least 4 members (excludes halogenated alkanes) is 1. The summed E-state index contributed by atoms with van der Waals surface area (Å²) in [4.78, 5) is 28.1. The molecule has 3 aromatic rings. The van der Waals surface area contributed by atoms with Crippen LogP contribution in [0.2, 0.25) is 0 Å². The number of carbonyl (C=O) groups is 2. The number of rotatable bonds is 15.